The molecule has 0 radical (unpaired) electrons. The van der Waals surface area contributed by atoms with E-state index in [-0.39, 0.29) is 0 Å². The molecule has 1 saturated carbocycles. The van der Waals surface area contributed by atoms with Crippen molar-refractivity contribution in [2.24, 2.45) is 0 Å². The van der Waals surface area contributed by atoms with Crippen molar-refractivity contribution >= 4 is 27.5 Å². The highest BCUT2D eigenvalue weighted by molar-refractivity contribution is 9.10. The molecule has 17 heavy (non-hydrogen) atoms. The Morgan fingerprint density at radius 3 is 2.82 bits per heavy atom. The van der Waals surface area contributed by atoms with E-state index in [1.54, 1.807) is 0 Å². The molecule has 1 aliphatic carbocycles. The van der Waals surface area contributed by atoms with Gasteiger partial charge in [0.25, 0.3) is 0 Å². The number of nitriles is 1. The van der Waals surface area contributed by atoms with Gasteiger partial charge in [0, 0.05) is 35.0 Å². The summed E-state index contributed by atoms with van der Waals surface area (Å²) in [5.74, 6) is 0. The number of nitrogens with zero attached hydrogens (tertiary/aromatic N) is 2. The zero-order chi connectivity index (χ0) is 12.3. The van der Waals surface area contributed by atoms with E-state index in [1.807, 2.05) is 18.2 Å². The average molecular weight is 314 g/mol. The van der Waals surface area contributed by atoms with Gasteiger partial charge in [-0.2, -0.15) is 5.26 Å². The Labute approximate surface area is 115 Å². The maximum absolute atomic E-state index is 8.67. The molecule has 0 unspecified atom stereocenters. The smallest absolute Gasteiger partial charge is 0.0635 e. The molecule has 0 aromatic heterocycles. The minimum Gasteiger partial charge on any atom is -0.295 e. The van der Waals surface area contributed by atoms with Gasteiger partial charge in [-0.15, -0.1) is 0 Å². The molecule has 2 nitrogen and oxygen atoms in total. The first-order valence-corrected chi connectivity index (χ1v) is 6.92. The Balaban J connectivity index is 2.03. The molecule has 0 saturated heterocycles. The monoisotopic (exact) mass is 312 g/mol. The summed E-state index contributed by atoms with van der Waals surface area (Å²) in [4.78, 5) is 2.36. The van der Waals surface area contributed by atoms with E-state index in [1.165, 1.54) is 12.8 Å². The Bertz CT molecular complexity index is 438. The molecule has 1 aliphatic rings. The summed E-state index contributed by atoms with van der Waals surface area (Å²) in [5, 5.41) is 9.46. The molecule has 90 valence electrons. The lowest BCUT2D eigenvalue weighted by molar-refractivity contribution is 0.261. The minimum absolute atomic E-state index is 0.588. The van der Waals surface area contributed by atoms with Crippen molar-refractivity contribution in [3.05, 3.63) is 33.3 Å². The van der Waals surface area contributed by atoms with Crippen LogP contribution in [0, 0.1) is 11.3 Å². The van der Waals surface area contributed by atoms with Gasteiger partial charge in [-0.1, -0.05) is 33.6 Å². The lowest BCUT2D eigenvalue weighted by atomic mass is 10.2. The Kier molecular flexibility index (Phi) is 4.44. The number of rotatable bonds is 5. The molecule has 0 N–H and O–H groups in total. The zero-order valence-electron chi connectivity index (χ0n) is 9.50. The fourth-order valence-electron chi connectivity index (χ4n) is 1.89. The maximum Gasteiger partial charge on any atom is 0.0635 e. The third-order valence-corrected chi connectivity index (χ3v) is 3.81. The van der Waals surface area contributed by atoms with E-state index in [0.29, 0.717) is 12.5 Å². The van der Waals surface area contributed by atoms with E-state index >= 15 is 0 Å². The second-order valence-electron chi connectivity index (χ2n) is 4.35. The summed E-state index contributed by atoms with van der Waals surface area (Å²) in [6.45, 7) is 1.69. The van der Waals surface area contributed by atoms with Crippen LogP contribution in [0.15, 0.2) is 22.7 Å². The quantitative estimate of drug-likeness (QED) is 0.822. The highest BCUT2D eigenvalue weighted by Crippen LogP contribution is 2.30. The van der Waals surface area contributed by atoms with E-state index in [0.717, 1.165) is 28.1 Å². The third kappa shape index (κ3) is 3.70. The molecule has 2 rings (SSSR count). The van der Waals surface area contributed by atoms with E-state index < -0.39 is 0 Å². The van der Waals surface area contributed by atoms with Crippen molar-refractivity contribution in [3.8, 4) is 6.07 Å². The summed E-state index contributed by atoms with van der Waals surface area (Å²) in [5.41, 5.74) is 1.14. The Morgan fingerprint density at radius 2 is 2.24 bits per heavy atom. The average Bonchev–Trinajstić information content (AvgIpc) is 3.11. The first-order valence-electron chi connectivity index (χ1n) is 5.75. The van der Waals surface area contributed by atoms with Gasteiger partial charge in [0.15, 0.2) is 0 Å². The van der Waals surface area contributed by atoms with Crippen LogP contribution < -0.4 is 0 Å². The van der Waals surface area contributed by atoms with Crippen LogP contribution in [0.4, 0.5) is 0 Å². The molecule has 0 spiro atoms. The molecular weight excluding hydrogens is 300 g/mol. The van der Waals surface area contributed by atoms with Crippen molar-refractivity contribution in [2.75, 3.05) is 6.54 Å². The van der Waals surface area contributed by atoms with Crippen molar-refractivity contribution in [1.82, 2.24) is 4.90 Å². The number of hydrogen-bond acceptors (Lipinski definition) is 2. The molecular formula is C13H14BrClN2. The predicted octanol–water partition coefficient (Wildman–Crippen LogP) is 3.98. The summed E-state index contributed by atoms with van der Waals surface area (Å²) in [6.07, 6.45) is 3.09. The maximum atomic E-state index is 8.67. The van der Waals surface area contributed by atoms with Crippen molar-refractivity contribution in [3.63, 3.8) is 0 Å². The summed E-state index contributed by atoms with van der Waals surface area (Å²) in [6, 6.07) is 8.85. The fourth-order valence-corrected chi connectivity index (χ4v) is 2.63. The van der Waals surface area contributed by atoms with Crippen LogP contribution in [0.5, 0.6) is 0 Å². The van der Waals surface area contributed by atoms with Gasteiger partial charge in [0.2, 0.25) is 0 Å². The van der Waals surface area contributed by atoms with Crippen LogP contribution in [-0.2, 0) is 6.54 Å². The Hall–Kier alpha value is -0.560. The highest BCUT2D eigenvalue weighted by Gasteiger charge is 2.28. The summed E-state index contributed by atoms with van der Waals surface area (Å²) in [7, 11) is 0. The van der Waals surface area contributed by atoms with Gasteiger partial charge in [0.1, 0.15) is 0 Å². The highest BCUT2D eigenvalue weighted by atomic mass is 79.9. The molecule has 0 bridgehead atoms. The van der Waals surface area contributed by atoms with Crippen molar-refractivity contribution in [1.29, 1.82) is 5.26 Å². The van der Waals surface area contributed by atoms with Gasteiger partial charge in [0.05, 0.1) is 6.07 Å². The fraction of sp³-hybridized carbons (Fsp3) is 0.462. The SMILES string of the molecule is N#CCCN(Cc1ccc(Br)cc1Cl)C1CC1. The molecule has 4 heteroatoms. The van der Waals surface area contributed by atoms with Gasteiger partial charge < -0.3 is 0 Å². The largest absolute Gasteiger partial charge is 0.295 e. The standard InChI is InChI=1S/C13H14BrClN2/c14-11-3-2-10(13(15)8-11)9-17(7-1-6-16)12-4-5-12/h2-3,8,12H,1,4-5,7,9H2. The summed E-state index contributed by atoms with van der Waals surface area (Å²) < 4.78 is 1.00. The van der Waals surface area contributed by atoms with Gasteiger partial charge in [-0.3, -0.25) is 4.90 Å². The predicted molar refractivity (Wildman–Crippen MR) is 72.8 cm³/mol. The lowest BCUT2D eigenvalue weighted by Gasteiger charge is -2.21. The molecule has 1 aromatic carbocycles. The third-order valence-electron chi connectivity index (χ3n) is 2.96. The van der Waals surface area contributed by atoms with Crippen LogP contribution in [0.3, 0.4) is 0 Å². The zero-order valence-corrected chi connectivity index (χ0v) is 11.8. The molecule has 0 atom stereocenters. The lowest BCUT2D eigenvalue weighted by Crippen LogP contribution is -2.26. The number of halogens is 2. The molecule has 0 heterocycles. The van der Waals surface area contributed by atoms with E-state index in [4.69, 9.17) is 16.9 Å². The topological polar surface area (TPSA) is 27.0 Å². The van der Waals surface area contributed by atoms with Gasteiger partial charge in [-0.05, 0) is 30.5 Å². The second kappa shape index (κ2) is 5.86. The minimum atomic E-state index is 0.588. The van der Waals surface area contributed by atoms with Crippen LogP contribution in [0.2, 0.25) is 5.02 Å². The van der Waals surface area contributed by atoms with Crippen LogP contribution >= 0.6 is 27.5 Å². The molecule has 0 amide bonds. The number of hydrogen-bond donors (Lipinski definition) is 0. The van der Waals surface area contributed by atoms with E-state index in [2.05, 4.69) is 26.9 Å². The van der Waals surface area contributed by atoms with Gasteiger partial charge >= 0.3 is 0 Å². The Morgan fingerprint density at radius 1 is 1.47 bits per heavy atom. The second-order valence-corrected chi connectivity index (χ2v) is 5.67. The van der Waals surface area contributed by atoms with E-state index in [9.17, 15) is 0 Å². The van der Waals surface area contributed by atoms with Crippen LogP contribution in [-0.4, -0.2) is 17.5 Å². The van der Waals surface area contributed by atoms with Gasteiger partial charge in [-0.25, -0.2) is 0 Å². The first kappa shape index (κ1) is 12.9. The van der Waals surface area contributed by atoms with Crippen LogP contribution in [0.1, 0.15) is 24.8 Å². The number of benzene rings is 1. The molecule has 0 aliphatic heterocycles. The van der Waals surface area contributed by atoms with Crippen LogP contribution in [0.25, 0.3) is 0 Å². The first-order chi connectivity index (χ1) is 8.20. The van der Waals surface area contributed by atoms with Crippen molar-refractivity contribution < 1.29 is 0 Å². The molecule has 1 fully saturated rings. The van der Waals surface area contributed by atoms with Crippen molar-refractivity contribution in [2.45, 2.75) is 31.8 Å². The normalized spacial score (nSPS) is 14.9. The molecule has 1 aromatic rings. The summed E-state index contributed by atoms with van der Waals surface area (Å²) >= 11 is 9.62.